The minimum Gasteiger partial charge on any atom is -0.493 e. The van der Waals surface area contributed by atoms with Crippen molar-refractivity contribution < 1.29 is 18.8 Å². The van der Waals surface area contributed by atoms with E-state index in [9.17, 15) is 14.9 Å². The smallest absolute Gasteiger partial charge is 0.344 e. The molecular formula is C17H12ClNO6. The number of hydrogen-bond acceptors (Lipinski definition) is 6. The highest BCUT2D eigenvalue weighted by atomic mass is 35.5. The van der Waals surface area contributed by atoms with Gasteiger partial charge in [-0.15, -0.1) is 0 Å². The minimum atomic E-state index is -0.704. The van der Waals surface area contributed by atoms with Crippen molar-refractivity contribution >= 4 is 28.3 Å². The summed E-state index contributed by atoms with van der Waals surface area (Å²) in [4.78, 5) is 23.2. The van der Waals surface area contributed by atoms with Crippen LogP contribution in [0.15, 0.2) is 45.6 Å². The molecule has 0 aliphatic heterocycles. The average Bonchev–Trinajstić information content (AvgIpc) is 2.60. The van der Waals surface area contributed by atoms with Gasteiger partial charge in [0.1, 0.15) is 5.58 Å². The van der Waals surface area contributed by atoms with Crippen molar-refractivity contribution in [3.63, 3.8) is 0 Å². The molecule has 0 fully saturated rings. The van der Waals surface area contributed by atoms with Crippen molar-refractivity contribution in [2.45, 2.75) is 0 Å². The molecule has 8 heteroatoms. The maximum atomic E-state index is 12.4. The molecule has 0 saturated carbocycles. The summed E-state index contributed by atoms with van der Waals surface area (Å²) in [5, 5.41) is 12.4. The predicted octanol–water partition coefficient (Wildman–Crippen LogP) is 4.04. The summed E-state index contributed by atoms with van der Waals surface area (Å²) in [7, 11) is 2.77. The van der Waals surface area contributed by atoms with Gasteiger partial charge in [0.25, 0.3) is 5.69 Å². The lowest BCUT2D eigenvalue weighted by atomic mass is 10.0. The molecule has 0 saturated heterocycles. The second kappa shape index (κ2) is 6.45. The number of hydrogen-bond donors (Lipinski definition) is 0. The molecule has 0 N–H and O–H groups in total. The fraction of sp³-hybridized carbons (Fsp3) is 0.118. The van der Waals surface area contributed by atoms with Gasteiger partial charge in [-0.3, -0.25) is 10.1 Å². The van der Waals surface area contributed by atoms with Crippen LogP contribution in [0.5, 0.6) is 11.5 Å². The summed E-state index contributed by atoms with van der Waals surface area (Å²) in [6.07, 6.45) is 0. The van der Waals surface area contributed by atoms with E-state index in [1.165, 1.54) is 32.4 Å². The molecule has 3 aromatic rings. The lowest BCUT2D eigenvalue weighted by Crippen LogP contribution is -2.05. The van der Waals surface area contributed by atoms with Gasteiger partial charge in [0.15, 0.2) is 11.5 Å². The minimum absolute atomic E-state index is 0.0300. The summed E-state index contributed by atoms with van der Waals surface area (Å²) in [6.45, 7) is 0. The number of nitrogens with zero attached hydrogens (tertiary/aromatic N) is 1. The van der Waals surface area contributed by atoms with Gasteiger partial charge in [-0.25, -0.2) is 4.79 Å². The van der Waals surface area contributed by atoms with E-state index in [1.807, 2.05) is 0 Å². The fourth-order valence-corrected chi connectivity index (χ4v) is 2.70. The van der Waals surface area contributed by atoms with Crippen LogP contribution in [-0.2, 0) is 0 Å². The molecule has 7 nitrogen and oxygen atoms in total. The number of fused-ring (bicyclic) bond motifs is 1. The molecule has 25 heavy (non-hydrogen) atoms. The zero-order valence-corrected chi connectivity index (χ0v) is 14.0. The van der Waals surface area contributed by atoms with Gasteiger partial charge in [-0.05, 0) is 30.3 Å². The molecule has 0 unspecified atom stereocenters. The van der Waals surface area contributed by atoms with Crippen LogP contribution in [0.3, 0.4) is 0 Å². The molecule has 0 radical (unpaired) electrons. The Morgan fingerprint density at radius 3 is 2.36 bits per heavy atom. The third kappa shape index (κ3) is 3.01. The molecule has 1 aromatic heterocycles. The molecule has 0 amide bonds. The standard InChI is InChI=1S/C17H12ClNO6/c1-23-15-7-11(13(19(21)22)8-16(15)24-2)12-6-9-5-10(18)3-4-14(9)25-17(12)20/h3-8H,1-2H3. The van der Waals surface area contributed by atoms with Gasteiger partial charge in [-0.1, -0.05) is 11.6 Å². The zero-order valence-electron chi connectivity index (χ0n) is 13.2. The molecule has 0 atom stereocenters. The number of nitro benzene ring substituents is 1. The fourth-order valence-electron chi connectivity index (χ4n) is 2.52. The monoisotopic (exact) mass is 361 g/mol. The summed E-state index contributed by atoms with van der Waals surface area (Å²) >= 11 is 5.96. The first-order valence-electron chi connectivity index (χ1n) is 7.08. The molecule has 0 aliphatic rings. The molecular weight excluding hydrogens is 350 g/mol. The normalized spacial score (nSPS) is 10.7. The number of halogens is 1. The topological polar surface area (TPSA) is 91.8 Å². The van der Waals surface area contributed by atoms with Gasteiger partial charge >= 0.3 is 5.63 Å². The van der Waals surface area contributed by atoms with Crippen molar-refractivity contribution in [2.75, 3.05) is 14.2 Å². The highest BCUT2D eigenvalue weighted by Crippen LogP contribution is 2.39. The Morgan fingerprint density at radius 2 is 1.72 bits per heavy atom. The Balaban J connectivity index is 2.35. The van der Waals surface area contributed by atoms with Crippen molar-refractivity contribution in [1.82, 2.24) is 0 Å². The Hall–Kier alpha value is -3.06. The lowest BCUT2D eigenvalue weighted by Gasteiger charge is -2.10. The van der Waals surface area contributed by atoms with Crippen molar-refractivity contribution in [3.8, 4) is 22.6 Å². The van der Waals surface area contributed by atoms with Gasteiger partial charge < -0.3 is 13.9 Å². The third-order valence-electron chi connectivity index (χ3n) is 3.68. The molecule has 2 aromatic carbocycles. The van der Waals surface area contributed by atoms with Crippen molar-refractivity contribution in [1.29, 1.82) is 0 Å². The second-order valence-corrected chi connectivity index (χ2v) is 5.55. The SMILES string of the molecule is COc1cc(-c2cc3cc(Cl)ccc3oc2=O)c([N+](=O)[O-])cc1OC. The second-order valence-electron chi connectivity index (χ2n) is 5.11. The van der Waals surface area contributed by atoms with E-state index in [0.29, 0.717) is 16.0 Å². The Labute approximate surface area is 146 Å². The first kappa shape index (κ1) is 16.8. The third-order valence-corrected chi connectivity index (χ3v) is 3.92. The number of nitro groups is 1. The summed E-state index contributed by atoms with van der Waals surface area (Å²) in [5.41, 5.74) is -0.571. The van der Waals surface area contributed by atoms with E-state index >= 15 is 0 Å². The number of benzene rings is 2. The highest BCUT2D eigenvalue weighted by Gasteiger charge is 2.23. The molecule has 128 valence electrons. The number of methoxy groups -OCH3 is 2. The van der Waals surface area contributed by atoms with Crippen LogP contribution in [-0.4, -0.2) is 19.1 Å². The van der Waals surface area contributed by atoms with Crippen LogP contribution in [0.2, 0.25) is 5.02 Å². The number of ether oxygens (including phenoxy) is 2. The number of rotatable bonds is 4. The molecule has 0 bridgehead atoms. The van der Waals surface area contributed by atoms with Crippen LogP contribution in [0.1, 0.15) is 0 Å². The van der Waals surface area contributed by atoms with Gasteiger partial charge in [-0.2, -0.15) is 0 Å². The highest BCUT2D eigenvalue weighted by molar-refractivity contribution is 6.31. The largest absolute Gasteiger partial charge is 0.493 e. The van der Waals surface area contributed by atoms with E-state index in [-0.39, 0.29) is 28.3 Å². The first-order valence-corrected chi connectivity index (χ1v) is 7.46. The van der Waals surface area contributed by atoms with Crippen LogP contribution < -0.4 is 15.1 Å². The quantitative estimate of drug-likeness (QED) is 0.395. The summed E-state index contributed by atoms with van der Waals surface area (Å²) in [5.74, 6) is 0.444. The lowest BCUT2D eigenvalue weighted by molar-refractivity contribution is -0.384. The predicted molar refractivity (Wildman–Crippen MR) is 92.7 cm³/mol. The maximum Gasteiger partial charge on any atom is 0.344 e. The van der Waals surface area contributed by atoms with Gasteiger partial charge in [0.2, 0.25) is 0 Å². The van der Waals surface area contributed by atoms with Crippen LogP contribution in [0, 0.1) is 10.1 Å². The van der Waals surface area contributed by atoms with Crippen molar-refractivity contribution in [3.05, 3.63) is 62.0 Å². The van der Waals surface area contributed by atoms with Crippen molar-refractivity contribution in [2.24, 2.45) is 0 Å². The van der Waals surface area contributed by atoms with E-state index in [0.717, 1.165) is 0 Å². The van der Waals surface area contributed by atoms with Crippen LogP contribution in [0.25, 0.3) is 22.1 Å². The van der Waals surface area contributed by atoms with E-state index in [4.69, 9.17) is 25.5 Å². The molecule has 3 rings (SSSR count). The average molecular weight is 362 g/mol. The molecule has 0 spiro atoms. The Bertz CT molecular complexity index is 1040. The maximum absolute atomic E-state index is 12.4. The Morgan fingerprint density at radius 1 is 1.04 bits per heavy atom. The first-order chi connectivity index (χ1) is 11.9. The van der Waals surface area contributed by atoms with Crippen LogP contribution >= 0.6 is 11.6 Å². The van der Waals surface area contributed by atoms with E-state index in [1.54, 1.807) is 18.2 Å². The van der Waals surface area contributed by atoms with E-state index in [2.05, 4.69) is 0 Å². The summed E-state index contributed by atoms with van der Waals surface area (Å²) in [6, 6.07) is 8.84. The summed E-state index contributed by atoms with van der Waals surface area (Å²) < 4.78 is 15.5. The van der Waals surface area contributed by atoms with Crippen LogP contribution in [0.4, 0.5) is 5.69 Å². The Kier molecular flexibility index (Phi) is 4.33. The van der Waals surface area contributed by atoms with Gasteiger partial charge in [0.05, 0.1) is 36.3 Å². The molecule has 0 aliphatic carbocycles. The van der Waals surface area contributed by atoms with Gasteiger partial charge in [0, 0.05) is 10.4 Å². The molecule has 1 heterocycles. The zero-order chi connectivity index (χ0) is 18.1. The van der Waals surface area contributed by atoms with E-state index < -0.39 is 10.5 Å².